The highest BCUT2D eigenvalue weighted by molar-refractivity contribution is 6.31. The van der Waals surface area contributed by atoms with E-state index in [1.165, 1.54) is 4.68 Å². The van der Waals surface area contributed by atoms with Gasteiger partial charge < -0.3 is 4.90 Å². The third kappa shape index (κ3) is 3.15. The van der Waals surface area contributed by atoms with E-state index in [-0.39, 0.29) is 6.03 Å². The Bertz CT molecular complexity index is 580. The maximum Gasteiger partial charge on any atom is 0.344 e. The van der Waals surface area contributed by atoms with E-state index < -0.39 is 0 Å². The van der Waals surface area contributed by atoms with Gasteiger partial charge in [0.05, 0.1) is 6.20 Å². The summed E-state index contributed by atoms with van der Waals surface area (Å²) in [7, 11) is 0. The van der Waals surface area contributed by atoms with Crippen molar-refractivity contribution in [2.45, 2.75) is 20.4 Å². The van der Waals surface area contributed by atoms with Crippen molar-refractivity contribution in [3.63, 3.8) is 0 Å². The first-order valence-electron chi connectivity index (χ1n) is 6.15. The molecule has 0 N–H and O–H groups in total. The van der Waals surface area contributed by atoms with E-state index in [4.69, 9.17) is 11.6 Å². The molecule has 5 heteroatoms. The molecule has 1 aromatic carbocycles. The van der Waals surface area contributed by atoms with Crippen molar-refractivity contribution in [2.75, 3.05) is 6.54 Å². The number of nitrogens with zero attached hydrogens (tertiary/aromatic N) is 3. The zero-order valence-electron chi connectivity index (χ0n) is 11.0. The number of amides is 1. The summed E-state index contributed by atoms with van der Waals surface area (Å²) < 4.78 is 1.36. The first kappa shape index (κ1) is 13.6. The summed E-state index contributed by atoms with van der Waals surface area (Å²) >= 11 is 6.12. The van der Waals surface area contributed by atoms with Crippen LogP contribution >= 0.6 is 11.6 Å². The lowest BCUT2D eigenvalue weighted by molar-refractivity contribution is 0.196. The molecule has 0 unspecified atom stereocenters. The van der Waals surface area contributed by atoms with Gasteiger partial charge in [0.1, 0.15) is 0 Å². The number of benzene rings is 1. The molecule has 1 aromatic heterocycles. The molecule has 2 rings (SSSR count). The molecule has 1 amide bonds. The molecule has 19 heavy (non-hydrogen) atoms. The highest BCUT2D eigenvalue weighted by atomic mass is 35.5. The fourth-order valence-corrected chi connectivity index (χ4v) is 2.00. The van der Waals surface area contributed by atoms with Crippen LogP contribution in [-0.4, -0.2) is 27.3 Å². The Kier molecular flexibility index (Phi) is 4.22. The van der Waals surface area contributed by atoms with Crippen LogP contribution in [0.3, 0.4) is 0 Å². The van der Waals surface area contributed by atoms with Crippen LogP contribution in [0.25, 0.3) is 0 Å². The number of hydrogen-bond donors (Lipinski definition) is 0. The molecule has 0 bridgehead atoms. The average molecular weight is 278 g/mol. The van der Waals surface area contributed by atoms with E-state index in [9.17, 15) is 4.79 Å². The van der Waals surface area contributed by atoms with Gasteiger partial charge in [-0.05, 0) is 31.0 Å². The minimum absolute atomic E-state index is 0.143. The molecular weight excluding hydrogens is 262 g/mol. The van der Waals surface area contributed by atoms with Crippen LogP contribution in [-0.2, 0) is 6.54 Å². The second-order valence-electron chi connectivity index (χ2n) is 4.35. The van der Waals surface area contributed by atoms with Crippen molar-refractivity contribution in [1.29, 1.82) is 0 Å². The van der Waals surface area contributed by atoms with Crippen LogP contribution in [0.15, 0.2) is 36.7 Å². The molecule has 2 aromatic rings. The van der Waals surface area contributed by atoms with Crippen molar-refractivity contribution >= 4 is 17.6 Å². The predicted molar refractivity (Wildman–Crippen MR) is 75.3 cm³/mol. The van der Waals surface area contributed by atoms with Crippen LogP contribution in [0.5, 0.6) is 0 Å². The Balaban J connectivity index is 2.17. The van der Waals surface area contributed by atoms with Gasteiger partial charge in [-0.15, -0.1) is 0 Å². The molecule has 0 atom stereocenters. The second kappa shape index (κ2) is 5.89. The van der Waals surface area contributed by atoms with Gasteiger partial charge in [0.25, 0.3) is 0 Å². The molecule has 0 saturated heterocycles. The molecule has 0 aliphatic carbocycles. The molecule has 0 spiro atoms. The van der Waals surface area contributed by atoms with Crippen molar-refractivity contribution in [3.8, 4) is 0 Å². The van der Waals surface area contributed by atoms with Gasteiger partial charge in [0.2, 0.25) is 0 Å². The lowest BCUT2D eigenvalue weighted by Crippen LogP contribution is -2.34. The third-order valence-electron chi connectivity index (χ3n) is 2.88. The average Bonchev–Trinajstić information content (AvgIpc) is 2.84. The highest BCUT2D eigenvalue weighted by Crippen LogP contribution is 2.17. The molecule has 0 aliphatic heterocycles. The molecule has 0 fully saturated rings. The fraction of sp³-hybridized carbons (Fsp3) is 0.286. The Labute approximate surface area is 117 Å². The Morgan fingerprint density at radius 2 is 2.16 bits per heavy atom. The van der Waals surface area contributed by atoms with E-state index >= 15 is 0 Å². The second-order valence-corrected chi connectivity index (χ2v) is 4.76. The van der Waals surface area contributed by atoms with Gasteiger partial charge in [0, 0.05) is 24.3 Å². The minimum Gasteiger partial charge on any atom is -0.319 e. The monoisotopic (exact) mass is 277 g/mol. The van der Waals surface area contributed by atoms with E-state index in [0.717, 1.165) is 11.1 Å². The van der Waals surface area contributed by atoms with Crippen molar-refractivity contribution < 1.29 is 4.79 Å². The fourth-order valence-electron chi connectivity index (χ4n) is 1.81. The van der Waals surface area contributed by atoms with Crippen LogP contribution in [0.1, 0.15) is 18.1 Å². The predicted octanol–water partition coefficient (Wildman–Crippen LogP) is 3.34. The minimum atomic E-state index is -0.143. The maximum atomic E-state index is 12.3. The van der Waals surface area contributed by atoms with Crippen molar-refractivity contribution in [1.82, 2.24) is 14.7 Å². The normalized spacial score (nSPS) is 10.5. The van der Waals surface area contributed by atoms with Crippen LogP contribution in [0.2, 0.25) is 5.02 Å². The standard InChI is InChI=1S/C14H16ClN3O/c1-3-17(10-12-6-4-5-7-13(12)15)14(19)18-9-11(2)8-16-18/h4-9H,3,10H2,1-2H3. The highest BCUT2D eigenvalue weighted by Gasteiger charge is 2.15. The number of aryl methyl sites for hydroxylation is 1. The van der Waals surface area contributed by atoms with E-state index in [2.05, 4.69) is 5.10 Å². The molecule has 100 valence electrons. The summed E-state index contributed by atoms with van der Waals surface area (Å²) in [6.07, 6.45) is 3.39. The molecule has 0 saturated carbocycles. The number of aromatic nitrogens is 2. The summed E-state index contributed by atoms with van der Waals surface area (Å²) in [6.45, 7) is 4.92. The maximum absolute atomic E-state index is 12.3. The van der Waals surface area contributed by atoms with Gasteiger partial charge in [-0.25, -0.2) is 4.79 Å². The van der Waals surface area contributed by atoms with Crippen LogP contribution < -0.4 is 0 Å². The lowest BCUT2D eigenvalue weighted by Gasteiger charge is -2.21. The SMILES string of the molecule is CCN(Cc1ccccc1Cl)C(=O)n1cc(C)cn1. The molecule has 0 aliphatic rings. The number of hydrogen-bond acceptors (Lipinski definition) is 2. The largest absolute Gasteiger partial charge is 0.344 e. The van der Waals surface area contributed by atoms with Gasteiger partial charge in [0.15, 0.2) is 0 Å². The van der Waals surface area contributed by atoms with Crippen molar-refractivity contribution in [3.05, 3.63) is 52.8 Å². The third-order valence-corrected chi connectivity index (χ3v) is 3.25. The topological polar surface area (TPSA) is 38.1 Å². The number of rotatable bonds is 3. The van der Waals surface area contributed by atoms with E-state index in [1.54, 1.807) is 17.3 Å². The van der Waals surface area contributed by atoms with Gasteiger partial charge in [-0.1, -0.05) is 29.8 Å². The smallest absolute Gasteiger partial charge is 0.319 e. The Hall–Kier alpha value is -1.81. The van der Waals surface area contributed by atoms with Crippen molar-refractivity contribution in [2.24, 2.45) is 0 Å². The van der Waals surface area contributed by atoms with E-state index in [1.807, 2.05) is 38.1 Å². The summed E-state index contributed by atoms with van der Waals surface area (Å²) in [5.74, 6) is 0. The number of halogens is 1. The summed E-state index contributed by atoms with van der Waals surface area (Å²) in [4.78, 5) is 14.0. The lowest BCUT2D eigenvalue weighted by atomic mass is 10.2. The van der Waals surface area contributed by atoms with Crippen LogP contribution in [0, 0.1) is 6.92 Å². The first-order valence-corrected chi connectivity index (χ1v) is 6.53. The van der Waals surface area contributed by atoms with Gasteiger partial charge in [-0.2, -0.15) is 9.78 Å². The summed E-state index contributed by atoms with van der Waals surface area (Å²) in [5, 5.41) is 4.71. The zero-order chi connectivity index (χ0) is 13.8. The number of carbonyl (C=O) groups is 1. The molecule has 1 heterocycles. The summed E-state index contributed by atoms with van der Waals surface area (Å²) in [5.41, 5.74) is 1.89. The first-order chi connectivity index (χ1) is 9.11. The summed E-state index contributed by atoms with van der Waals surface area (Å²) in [6, 6.07) is 7.40. The quantitative estimate of drug-likeness (QED) is 0.863. The Morgan fingerprint density at radius 3 is 2.74 bits per heavy atom. The van der Waals surface area contributed by atoms with Crippen LogP contribution in [0.4, 0.5) is 4.79 Å². The molecular formula is C14H16ClN3O. The van der Waals surface area contributed by atoms with Gasteiger partial charge >= 0.3 is 6.03 Å². The Morgan fingerprint density at radius 1 is 1.42 bits per heavy atom. The molecule has 0 radical (unpaired) electrons. The molecule has 4 nitrogen and oxygen atoms in total. The van der Waals surface area contributed by atoms with Gasteiger partial charge in [-0.3, -0.25) is 0 Å². The number of carbonyl (C=O) groups excluding carboxylic acids is 1. The van der Waals surface area contributed by atoms with E-state index in [0.29, 0.717) is 18.1 Å². The zero-order valence-corrected chi connectivity index (χ0v) is 11.8.